The van der Waals surface area contributed by atoms with E-state index >= 15 is 0 Å². The number of carbonyl (C=O) groups excluding carboxylic acids is 1. The van der Waals surface area contributed by atoms with E-state index in [2.05, 4.69) is 22.1 Å². The molecule has 2 aromatic heterocycles. The first-order valence-electron chi connectivity index (χ1n) is 11.6. The Kier molecular flexibility index (Phi) is 12.5. The fourth-order valence-electron chi connectivity index (χ4n) is 3.53. The maximum Gasteiger partial charge on any atom is 0.410 e. The smallest absolute Gasteiger partial charge is 0.410 e. The molecule has 4 rings (SSSR count). The lowest BCUT2D eigenvalue weighted by molar-refractivity contribution is 0.0291. The molecule has 38 heavy (non-hydrogen) atoms. The second-order valence-corrected chi connectivity index (χ2v) is 11.5. The molecule has 0 spiro atoms. The molecule has 0 saturated carbocycles. The van der Waals surface area contributed by atoms with E-state index in [1.54, 1.807) is 17.3 Å². The van der Waals surface area contributed by atoms with Crippen molar-refractivity contribution in [2.45, 2.75) is 39.2 Å². The Morgan fingerprint density at radius 1 is 0.868 bits per heavy atom. The largest absolute Gasteiger partial charge is 0.444 e. The monoisotopic (exact) mass is 618 g/mol. The van der Waals surface area contributed by atoms with Crippen LogP contribution in [0.1, 0.15) is 33.6 Å². The summed E-state index contributed by atoms with van der Waals surface area (Å²) in [6, 6.07) is 4.42. The zero-order valence-corrected chi connectivity index (χ0v) is 24.9. The number of nitrogens with zero attached hydrogens (tertiary/aromatic N) is 6. The summed E-state index contributed by atoms with van der Waals surface area (Å²) >= 11 is 28.7. The number of anilines is 1. The van der Waals surface area contributed by atoms with Crippen molar-refractivity contribution in [3.8, 4) is 12.1 Å². The van der Waals surface area contributed by atoms with Gasteiger partial charge < -0.3 is 14.5 Å². The zero-order chi connectivity index (χ0) is 28.5. The minimum absolute atomic E-state index is 0.0254. The van der Waals surface area contributed by atoms with Gasteiger partial charge >= 0.3 is 6.09 Å². The fraction of sp³-hybridized carbons (Fsp3) is 0.480. The Balaban J connectivity index is 0.000000207. The summed E-state index contributed by atoms with van der Waals surface area (Å²) in [4.78, 5) is 22.8. The molecule has 2 atom stereocenters. The average Bonchev–Trinajstić information content (AvgIpc) is 3.52. The van der Waals surface area contributed by atoms with Crippen LogP contribution in [0.15, 0.2) is 24.8 Å². The van der Waals surface area contributed by atoms with Crippen molar-refractivity contribution in [3.05, 3.63) is 49.9 Å². The molecule has 2 aromatic rings. The minimum atomic E-state index is -0.457. The topological polar surface area (TPSA) is 106 Å². The second kappa shape index (κ2) is 14.8. The molecule has 0 aromatic carbocycles. The predicted octanol–water partition coefficient (Wildman–Crippen LogP) is 7.55. The molecule has 204 valence electrons. The van der Waals surface area contributed by atoms with Gasteiger partial charge in [0.25, 0.3) is 0 Å². The number of amides is 1. The standard InChI is InChI=1S/C10H9Cl2N3.C10H16N2O2.C5H2Cl3N/c11-8-4-14-5-9(12)10(8)15-2-1-7(3-13)6-15;1-10(2,3)14-9(13)12-5-4-8(6-11)7-12;6-3-1-9-2-4(7)5(3)8/h4-5,7H,1-2,6H2;8H,4-5,7H2,1-3H3;1-2H. The number of carbonyl (C=O) groups is 1. The van der Waals surface area contributed by atoms with E-state index in [4.69, 9.17) is 73.3 Å². The number of halogens is 5. The molecule has 0 bridgehead atoms. The van der Waals surface area contributed by atoms with E-state index in [1.165, 1.54) is 12.4 Å². The maximum absolute atomic E-state index is 11.5. The quantitative estimate of drug-likeness (QED) is 0.324. The maximum atomic E-state index is 11.5. The molecule has 8 nitrogen and oxygen atoms in total. The number of pyridine rings is 2. The van der Waals surface area contributed by atoms with Gasteiger partial charge in [-0.3, -0.25) is 9.97 Å². The van der Waals surface area contributed by atoms with Crippen LogP contribution in [-0.4, -0.2) is 52.7 Å². The minimum Gasteiger partial charge on any atom is -0.444 e. The van der Waals surface area contributed by atoms with E-state index < -0.39 is 5.60 Å². The predicted molar refractivity (Wildman–Crippen MR) is 151 cm³/mol. The molecule has 2 aliphatic heterocycles. The summed E-state index contributed by atoms with van der Waals surface area (Å²) in [6.07, 6.45) is 7.34. The molecule has 0 N–H and O–H groups in total. The highest BCUT2D eigenvalue weighted by Gasteiger charge is 2.29. The van der Waals surface area contributed by atoms with E-state index in [-0.39, 0.29) is 17.9 Å². The van der Waals surface area contributed by atoms with Gasteiger partial charge in [0.15, 0.2) is 0 Å². The lowest BCUT2D eigenvalue weighted by atomic mass is 10.1. The molecule has 2 unspecified atom stereocenters. The highest BCUT2D eigenvalue weighted by atomic mass is 35.5. The van der Waals surface area contributed by atoms with Crippen molar-refractivity contribution in [2.75, 3.05) is 31.1 Å². The van der Waals surface area contributed by atoms with Gasteiger partial charge in [-0.15, -0.1) is 0 Å². The average molecular weight is 621 g/mol. The molecule has 13 heteroatoms. The van der Waals surface area contributed by atoms with Gasteiger partial charge in [0.1, 0.15) is 5.60 Å². The van der Waals surface area contributed by atoms with Gasteiger partial charge in [-0.2, -0.15) is 10.5 Å². The van der Waals surface area contributed by atoms with Crippen LogP contribution < -0.4 is 4.90 Å². The number of hydrogen-bond acceptors (Lipinski definition) is 7. The van der Waals surface area contributed by atoms with Crippen molar-refractivity contribution in [2.24, 2.45) is 11.8 Å². The Hall–Kier alpha value is -2.20. The summed E-state index contributed by atoms with van der Waals surface area (Å²) in [5.41, 5.74) is 0.341. The van der Waals surface area contributed by atoms with Crippen LogP contribution in [-0.2, 0) is 4.74 Å². The molecular formula is C25H27Cl5N6O2. The van der Waals surface area contributed by atoms with Crippen LogP contribution in [0.3, 0.4) is 0 Å². The Morgan fingerprint density at radius 3 is 1.76 bits per heavy atom. The van der Waals surface area contributed by atoms with Crippen LogP contribution in [0.2, 0.25) is 25.1 Å². The van der Waals surface area contributed by atoms with Crippen molar-refractivity contribution in [1.29, 1.82) is 10.5 Å². The van der Waals surface area contributed by atoms with E-state index in [1.807, 2.05) is 25.7 Å². The molecule has 1 amide bonds. The highest BCUT2D eigenvalue weighted by Crippen LogP contribution is 2.35. The zero-order valence-electron chi connectivity index (χ0n) is 21.1. The lowest BCUT2D eigenvalue weighted by Crippen LogP contribution is -2.35. The Labute approximate surface area is 247 Å². The van der Waals surface area contributed by atoms with Crippen LogP contribution in [0, 0.1) is 34.5 Å². The van der Waals surface area contributed by atoms with E-state index in [9.17, 15) is 4.79 Å². The molecular weight excluding hydrogens is 594 g/mol. The normalized spacial score (nSPS) is 18.4. The van der Waals surface area contributed by atoms with Crippen LogP contribution in [0.5, 0.6) is 0 Å². The third-order valence-corrected chi connectivity index (χ3v) is 7.06. The molecule has 0 aliphatic carbocycles. The molecule has 2 saturated heterocycles. The van der Waals surface area contributed by atoms with Crippen molar-refractivity contribution in [1.82, 2.24) is 14.9 Å². The second-order valence-electron chi connectivity index (χ2n) is 9.47. The van der Waals surface area contributed by atoms with Crippen LogP contribution in [0.25, 0.3) is 0 Å². The van der Waals surface area contributed by atoms with E-state index in [0.717, 1.165) is 25.1 Å². The van der Waals surface area contributed by atoms with Gasteiger partial charge in [0.05, 0.1) is 54.8 Å². The van der Waals surface area contributed by atoms with Crippen LogP contribution in [0.4, 0.5) is 10.5 Å². The van der Waals surface area contributed by atoms with Gasteiger partial charge in [0.2, 0.25) is 0 Å². The molecule has 4 heterocycles. The van der Waals surface area contributed by atoms with Gasteiger partial charge in [0, 0.05) is 51.0 Å². The summed E-state index contributed by atoms with van der Waals surface area (Å²) < 4.78 is 5.19. The van der Waals surface area contributed by atoms with Gasteiger partial charge in [-0.1, -0.05) is 58.0 Å². The first-order chi connectivity index (χ1) is 17.9. The third kappa shape index (κ3) is 9.84. The summed E-state index contributed by atoms with van der Waals surface area (Å²) in [5.74, 6) is 0.0489. The van der Waals surface area contributed by atoms with Crippen molar-refractivity contribution < 1.29 is 9.53 Å². The van der Waals surface area contributed by atoms with E-state index in [0.29, 0.717) is 44.7 Å². The number of hydrogen-bond donors (Lipinski definition) is 0. The fourth-order valence-corrected chi connectivity index (χ4v) is 4.59. The number of ether oxygens (including phenoxy) is 1. The molecule has 2 aliphatic rings. The van der Waals surface area contributed by atoms with Crippen molar-refractivity contribution in [3.63, 3.8) is 0 Å². The van der Waals surface area contributed by atoms with Gasteiger partial charge in [-0.25, -0.2) is 4.79 Å². The van der Waals surface area contributed by atoms with Crippen molar-refractivity contribution >= 4 is 69.8 Å². The molecule has 0 radical (unpaired) electrons. The number of aromatic nitrogens is 2. The highest BCUT2D eigenvalue weighted by molar-refractivity contribution is 6.47. The Morgan fingerprint density at radius 2 is 1.34 bits per heavy atom. The number of likely N-dealkylation sites (tertiary alicyclic amines) is 1. The molecule has 2 fully saturated rings. The SMILES string of the molecule is CC(C)(C)OC(=O)N1CCC(C#N)C1.Clc1cncc(Cl)c1Cl.N#CC1CCN(c2c(Cl)cncc2Cl)C1. The summed E-state index contributed by atoms with van der Waals surface area (Å²) in [6.45, 7) is 8.16. The first-order valence-corrected chi connectivity index (χ1v) is 13.5. The van der Waals surface area contributed by atoms with Crippen LogP contribution >= 0.6 is 58.0 Å². The Bertz CT molecular complexity index is 1150. The number of rotatable bonds is 1. The summed E-state index contributed by atoms with van der Waals surface area (Å²) in [5, 5.41) is 19.7. The first kappa shape index (κ1) is 32.0. The summed E-state index contributed by atoms with van der Waals surface area (Å²) in [7, 11) is 0. The number of nitriles is 2. The lowest BCUT2D eigenvalue weighted by Gasteiger charge is -2.24. The van der Waals surface area contributed by atoms with Gasteiger partial charge in [-0.05, 0) is 33.6 Å². The third-order valence-electron chi connectivity index (χ3n) is 5.33.